The first-order valence-corrected chi connectivity index (χ1v) is 11.5. The lowest BCUT2D eigenvalue weighted by Crippen LogP contribution is -2.34. The Bertz CT molecular complexity index is 1070. The predicted molar refractivity (Wildman–Crippen MR) is 116 cm³/mol. The lowest BCUT2D eigenvalue weighted by Gasteiger charge is -2.30. The summed E-state index contributed by atoms with van der Waals surface area (Å²) >= 11 is 0. The van der Waals surface area contributed by atoms with Crippen molar-refractivity contribution in [3.63, 3.8) is 0 Å². The number of furan rings is 1. The second kappa shape index (κ2) is 9.43. The second-order valence-corrected chi connectivity index (χ2v) is 9.80. The molecule has 8 heteroatoms. The van der Waals surface area contributed by atoms with Crippen LogP contribution in [0.25, 0.3) is 0 Å². The molecule has 7 nitrogen and oxygen atoms in total. The molecule has 1 aliphatic rings. The fraction of sp³-hybridized carbons (Fsp3) is 0.348. The van der Waals surface area contributed by atoms with Gasteiger partial charge in [0.1, 0.15) is 12.4 Å². The van der Waals surface area contributed by atoms with Crippen molar-refractivity contribution in [2.75, 3.05) is 6.54 Å². The minimum Gasteiger partial charge on any atom is -0.491 e. The van der Waals surface area contributed by atoms with Gasteiger partial charge in [0, 0.05) is 13.0 Å². The van der Waals surface area contributed by atoms with E-state index in [2.05, 4.69) is 0 Å². The highest BCUT2D eigenvalue weighted by Crippen LogP contribution is 2.32. The van der Waals surface area contributed by atoms with Gasteiger partial charge in [0.25, 0.3) is 10.0 Å². The highest BCUT2D eigenvalue weighted by Gasteiger charge is 2.32. The second-order valence-electron chi connectivity index (χ2n) is 8.00. The third-order valence-electron chi connectivity index (χ3n) is 4.83. The van der Waals surface area contributed by atoms with E-state index in [4.69, 9.17) is 14.3 Å². The average molecular weight is 446 g/mol. The molecule has 1 aromatic carbocycles. The summed E-state index contributed by atoms with van der Waals surface area (Å²) < 4.78 is 39.2. The first-order valence-electron chi connectivity index (χ1n) is 10.1. The van der Waals surface area contributed by atoms with E-state index in [1.54, 1.807) is 24.3 Å². The van der Waals surface area contributed by atoms with Crippen molar-refractivity contribution in [3.05, 3.63) is 77.4 Å². The van der Waals surface area contributed by atoms with Gasteiger partial charge < -0.3 is 14.3 Å². The Hall–Kier alpha value is -3.00. The van der Waals surface area contributed by atoms with Crippen LogP contribution in [0.5, 0.6) is 0 Å². The minimum absolute atomic E-state index is 0.0785. The Kier molecular flexibility index (Phi) is 6.90. The molecule has 0 saturated heterocycles. The smallest absolute Gasteiger partial charge is 0.335 e. The van der Waals surface area contributed by atoms with Crippen LogP contribution < -0.4 is 0 Å². The number of sulfonamides is 1. The van der Waals surface area contributed by atoms with Gasteiger partial charge in [0.2, 0.25) is 5.09 Å². The summed E-state index contributed by atoms with van der Waals surface area (Å²) in [5.41, 5.74) is 1.49. The van der Waals surface area contributed by atoms with Crippen molar-refractivity contribution in [3.8, 4) is 0 Å². The maximum absolute atomic E-state index is 13.3. The highest BCUT2D eigenvalue weighted by molar-refractivity contribution is 7.89. The zero-order valence-electron chi connectivity index (χ0n) is 17.8. The SMILES string of the molecule is CC(C)CN(C1=C(OCc2ccc(C(=O)O)cc2)CC(C)C=C1)S(=O)(=O)c1ccco1. The molecule has 1 heterocycles. The van der Waals surface area contributed by atoms with Crippen LogP contribution in [0.4, 0.5) is 0 Å². The zero-order chi connectivity index (χ0) is 22.6. The van der Waals surface area contributed by atoms with Crippen molar-refractivity contribution in [1.29, 1.82) is 0 Å². The number of rotatable bonds is 9. The molecule has 2 aromatic rings. The third kappa shape index (κ3) is 5.38. The molecule has 0 amide bonds. The molecule has 0 aliphatic heterocycles. The molecule has 1 unspecified atom stereocenters. The fourth-order valence-corrected chi connectivity index (χ4v) is 4.82. The van der Waals surface area contributed by atoms with Crippen molar-refractivity contribution in [2.24, 2.45) is 11.8 Å². The maximum Gasteiger partial charge on any atom is 0.335 e. The van der Waals surface area contributed by atoms with Crippen LogP contribution >= 0.6 is 0 Å². The van der Waals surface area contributed by atoms with Crippen molar-refractivity contribution >= 4 is 16.0 Å². The molecule has 1 aliphatic carbocycles. The van der Waals surface area contributed by atoms with E-state index in [0.29, 0.717) is 17.9 Å². The van der Waals surface area contributed by atoms with Crippen molar-refractivity contribution in [2.45, 2.75) is 38.9 Å². The molecule has 0 fully saturated rings. The Morgan fingerprint density at radius 3 is 2.55 bits per heavy atom. The summed E-state index contributed by atoms with van der Waals surface area (Å²) in [6.45, 7) is 6.41. The van der Waals surface area contributed by atoms with E-state index >= 15 is 0 Å². The number of carboxylic acid groups (broad SMARTS) is 1. The molecule has 1 aromatic heterocycles. The summed E-state index contributed by atoms with van der Waals surface area (Å²) in [5.74, 6) is -0.139. The van der Waals surface area contributed by atoms with E-state index in [9.17, 15) is 13.2 Å². The van der Waals surface area contributed by atoms with Gasteiger partial charge in [0.05, 0.1) is 17.5 Å². The molecule has 0 bridgehead atoms. The highest BCUT2D eigenvalue weighted by atomic mass is 32.2. The molecule has 31 heavy (non-hydrogen) atoms. The average Bonchev–Trinajstić information content (AvgIpc) is 3.27. The van der Waals surface area contributed by atoms with Crippen LogP contribution in [-0.2, 0) is 21.4 Å². The largest absolute Gasteiger partial charge is 0.491 e. The Balaban J connectivity index is 1.93. The quantitative estimate of drug-likeness (QED) is 0.603. The lowest BCUT2D eigenvalue weighted by atomic mass is 9.99. The summed E-state index contributed by atoms with van der Waals surface area (Å²) in [4.78, 5) is 11.0. The number of allylic oxidation sites excluding steroid dienone is 3. The Labute approximate surface area is 182 Å². The van der Waals surface area contributed by atoms with Gasteiger partial charge in [0.15, 0.2) is 0 Å². The predicted octanol–water partition coefficient (Wildman–Crippen LogP) is 4.65. The number of benzene rings is 1. The molecule has 1 atom stereocenters. The fourth-order valence-electron chi connectivity index (χ4n) is 3.26. The number of ether oxygens (including phenoxy) is 1. The normalized spacial score (nSPS) is 16.6. The van der Waals surface area contributed by atoms with Crippen molar-refractivity contribution in [1.82, 2.24) is 4.31 Å². The molecule has 0 spiro atoms. The summed E-state index contributed by atoms with van der Waals surface area (Å²) in [6, 6.07) is 9.40. The van der Waals surface area contributed by atoms with Gasteiger partial charge in [-0.3, -0.25) is 4.31 Å². The number of nitrogens with zero attached hydrogens (tertiary/aromatic N) is 1. The number of hydrogen-bond acceptors (Lipinski definition) is 5. The van der Waals surface area contributed by atoms with Gasteiger partial charge in [-0.1, -0.05) is 39.0 Å². The third-order valence-corrected chi connectivity index (χ3v) is 6.50. The number of aromatic carboxylic acids is 1. The number of hydrogen-bond donors (Lipinski definition) is 1. The van der Waals surface area contributed by atoms with E-state index in [-0.39, 0.29) is 35.6 Å². The van der Waals surface area contributed by atoms with Crippen LogP contribution in [-0.4, -0.2) is 30.3 Å². The summed E-state index contributed by atoms with van der Waals surface area (Å²) in [5, 5.41) is 8.93. The van der Waals surface area contributed by atoms with Crippen LogP contribution in [0.3, 0.4) is 0 Å². The lowest BCUT2D eigenvalue weighted by molar-refractivity contribution is 0.0696. The van der Waals surface area contributed by atoms with E-state index in [0.717, 1.165) is 5.56 Å². The first kappa shape index (κ1) is 22.7. The number of carboxylic acids is 1. The van der Waals surface area contributed by atoms with Gasteiger partial charge in [-0.15, -0.1) is 0 Å². The standard InChI is InChI=1S/C23H27NO6S/c1-16(2)14-24(31(27,28)22-5-4-12-29-22)20-11-6-17(3)13-21(20)30-15-18-7-9-19(10-8-18)23(25)26/h4-12,16-17H,13-15H2,1-3H3,(H,25,26). The van der Waals surface area contributed by atoms with Crippen LogP contribution in [0.1, 0.15) is 43.1 Å². The minimum atomic E-state index is -3.89. The monoisotopic (exact) mass is 445 g/mol. The van der Waals surface area contributed by atoms with Gasteiger partial charge in [-0.05, 0) is 47.7 Å². The van der Waals surface area contributed by atoms with E-state index < -0.39 is 16.0 Å². The zero-order valence-corrected chi connectivity index (χ0v) is 18.6. The van der Waals surface area contributed by atoms with Gasteiger partial charge in [-0.2, -0.15) is 8.42 Å². The van der Waals surface area contributed by atoms with Crippen LogP contribution in [0.2, 0.25) is 0 Å². The summed E-state index contributed by atoms with van der Waals surface area (Å²) in [6.07, 6.45) is 5.65. The molecular formula is C23H27NO6S. The first-order chi connectivity index (χ1) is 14.7. The van der Waals surface area contributed by atoms with E-state index in [1.165, 1.54) is 28.8 Å². The van der Waals surface area contributed by atoms with Gasteiger partial charge >= 0.3 is 5.97 Å². The molecule has 166 valence electrons. The molecule has 1 N–H and O–H groups in total. The number of carbonyl (C=O) groups is 1. The van der Waals surface area contributed by atoms with Crippen LogP contribution in [0.15, 0.2) is 75.8 Å². The topological polar surface area (TPSA) is 97.0 Å². The molecular weight excluding hydrogens is 418 g/mol. The maximum atomic E-state index is 13.3. The molecule has 0 radical (unpaired) electrons. The molecule has 3 rings (SSSR count). The molecule has 0 saturated carbocycles. The summed E-state index contributed by atoms with van der Waals surface area (Å²) in [7, 11) is -3.89. The van der Waals surface area contributed by atoms with E-state index in [1.807, 2.05) is 26.8 Å². The Morgan fingerprint density at radius 2 is 1.97 bits per heavy atom. The van der Waals surface area contributed by atoms with Crippen LogP contribution in [0, 0.1) is 11.8 Å². The van der Waals surface area contributed by atoms with Gasteiger partial charge in [-0.25, -0.2) is 4.79 Å². The Morgan fingerprint density at radius 1 is 1.26 bits per heavy atom. The van der Waals surface area contributed by atoms with Crippen molar-refractivity contribution < 1.29 is 27.5 Å².